The number of rotatable bonds is 7. The summed E-state index contributed by atoms with van der Waals surface area (Å²) in [7, 11) is 0. The smallest absolute Gasteiger partial charge is 0.475 e. The number of alkyl halides is 4. The van der Waals surface area contributed by atoms with Crippen LogP contribution in [0.15, 0.2) is 30.6 Å². The van der Waals surface area contributed by atoms with E-state index < -0.39 is 47.4 Å². The first-order chi connectivity index (χ1) is 24.3. The number of fused-ring (bicyclic) bond motifs is 2. The Hall–Kier alpha value is -5.06. The molecule has 0 radical (unpaired) electrons. The van der Waals surface area contributed by atoms with Gasteiger partial charge in [-0.15, -0.1) is 13.2 Å². The number of ether oxygens (including phenoxy) is 3. The summed E-state index contributed by atoms with van der Waals surface area (Å²) in [5.74, 6) is -1.31. The molecule has 51 heavy (non-hydrogen) atoms. The number of hydrogen-bond acceptors (Lipinski definition) is 11. The molecule has 2 saturated heterocycles. The molecule has 3 aliphatic heterocycles. The predicted octanol–water partition coefficient (Wildman–Crippen LogP) is 6.20. The highest BCUT2D eigenvalue weighted by Crippen LogP contribution is 2.48. The zero-order chi connectivity index (χ0) is 35.8. The van der Waals surface area contributed by atoms with E-state index >= 15 is 4.39 Å². The number of benzene rings is 1. The quantitative estimate of drug-likeness (QED) is 0.187. The van der Waals surface area contributed by atoms with Crippen molar-refractivity contribution in [1.82, 2.24) is 35.0 Å². The van der Waals surface area contributed by atoms with Crippen molar-refractivity contribution in [1.29, 1.82) is 0 Å². The molecule has 0 aliphatic carbocycles. The third-order valence-corrected chi connectivity index (χ3v) is 10.2. The van der Waals surface area contributed by atoms with Crippen LogP contribution in [0.1, 0.15) is 50.3 Å². The van der Waals surface area contributed by atoms with E-state index in [9.17, 15) is 17.6 Å². The third-order valence-electron chi connectivity index (χ3n) is 10.2. The maximum atomic E-state index is 17.2. The lowest BCUT2D eigenvalue weighted by Gasteiger charge is -2.35. The summed E-state index contributed by atoms with van der Waals surface area (Å²) in [4.78, 5) is 22.0. The molecule has 17 heteroatoms. The number of aryl methyl sites for hydroxylation is 1. The van der Waals surface area contributed by atoms with Gasteiger partial charge in [0.2, 0.25) is 5.88 Å². The fraction of sp³-hybridized carbons (Fsp3) is 0.441. The first-order valence-corrected chi connectivity index (χ1v) is 16.6. The van der Waals surface area contributed by atoms with Gasteiger partial charge in [-0.3, -0.25) is 10.00 Å². The molecule has 0 unspecified atom stereocenters. The summed E-state index contributed by atoms with van der Waals surface area (Å²) in [6, 6.07) is 3.90. The van der Waals surface area contributed by atoms with Gasteiger partial charge in [-0.1, -0.05) is 6.07 Å². The Morgan fingerprint density at radius 2 is 2.06 bits per heavy atom. The largest absolute Gasteiger partial charge is 0.573 e. The highest BCUT2D eigenvalue weighted by atomic mass is 19.4. The van der Waals surface area contributed by atoms with Gasteiger partial charge in [0.25, 0.3) is 0 Å². The molecule has 0 bridgehead atoms. The number of nitrogens with two attached hydrogens (primary N) is 1. The number of nitrogens with zero attached hydrogens (tertiary/aromatic N) is 7. The van der Waals surface area contributed by atoms with E-state index in [1.54, 1.807) is 12.3 Å². The monoisotopic (exact) mass is 711 g/mol. The van der Waals surface area contributed by atoms with Crippen molar-refractivity contribution in [2.75, 3.05) is 36.9 Å². The van der Waals surface area contributed by atoms with E-state index in [-0.39, 0.29) is 70.6 Å². The molecule has 268 valence electrons. The number of H-pyrrole nitrogens is 1. The first-order valence-electron chi connectivity index (χ1n) is 16.6. The number of halogens is 5. The topological polar surface area (TPSA) is 140 Å². The minimum absolute atomic E-state index is 0.0288. The molecular formula is C34H34F5N9O3. The second-order valence-electron chi connectivity index (χ2n) is 13.5. The Bertz CT molecular complexity index is 2160. The van der Waals surface area contributed by atoms with Gasteiger partial charge in [0.15, 0.2) is 5.82 Å². The van der Waals surface area contributed by atoms with Crippen molar-refractivity contribution < 1.29 is 36.2 Å². The number of aromatic amines is 1. The Kier molecular flexibility index (Phi) is 7.81. The SMILES string of the molecule is Cc1cc2[nH]ncc2c(-c2nc3c4c(nc(OC[C@@]56CCCN5C[C@H](F)C6)nc4c2F)N([C@H](C)c2cccnc2N)[C@@H](C)CO3)c1OC(F)(F)F. The Morgan fingerprint density at radius 3 is 2.84 bits per heavy atom. The van der Waals surface area contributed by atoms with E-state index in [1.165, 1.54) is 19.2 Å². The van der Waals surface area contributed by atoms with E-state index in [1.807, 2.05) is 24.8 Å². The van der Waals surface area contributed by atoms with Crippen LogP contribution in [-0.4, -0.2) is 85.5 Å². The Labute approximate surface area is 288 Å². The molecule has 12 nitrogen and oxygen atoms in total. The second kappa shape index (κ2) is 12.0. The van der Waals surface area contributed by atoms with E-state index in [0.717, 1.165) is 13.0 Å². The van der Waals surface area contributed by atoms with E-state index in [0.29, 0.717) is 24.0 Å². The van der Waals surface area contributed by atoms with Crippen LogP contribution in [0.5, 0.6) is 17.6 Å². The highest BCUT2D eigenvalue weighted by Gasteiger charge is 2.49. The van der Waals surface area contributed by atoms with Gasteiger partial charge in [-0.25, -0.2) is 18.7 Å². The highest BCUT2D eigenvalue weighted by molar-refractivity contribution is 6.02. The zero-order valence-electron chi connectivity index (χ0n) is 27.9. The van der Waals surface area contributed by atoms with Crippen molar-refractivity contribution in [3.05, 3.63) is 47.5 Å². The summed E-state index contributed by atoms with van der Waals surface area (Å²) >= 11 is 0. The third kappa shape index (κ3) is 5.57. The van der Waals surface area contributed by atoms with Crippen LogP contribution in [0, 0.1) is 12.7 Å². The number of aromatic nitrogens is 6. The Balaban J connectivity index is 1.36. The van der Waals surface area contributed by atoms with Crippen molar-refractivity contribution in [3.63, 3.8) is 0 Å². The first kappa shape index (κ1) is 33.1. The average molecular weight is 712 g/mol. The fourth-order valence-electron chi connectivity index (χ4n) is 7.95. The lowest BCUT2D eigenvalue weighted by molar-refractivity contribution is -0.274. The molecule has 3 aliphatic rings. The van der Waals surface area contributed by atoms with Crippen LogP contribution in [0.25, 0.3) is 33.1 Å². The fourth-order valence-corrected chi connectivity index (χ4v) is 7.95. The van der Waals surface area contributed by atoms with Gasteiger partial charge in [-0.2, -0.15) is 15.1 Å². The van der Waals surface area contributed by atoms with Crippen LogP contribution in [0.4, 0.5) is 33.6 Å². The molecule has 4 atom stereocenters. The average Bonchev–Trinajstić information content (AvgIpc) is 3.75. The van der Waals surface area contributed by atoms with Gasteiger partial charge in [0.05, 0.1) is 34.9 Å². The second-order valence-corrected chi connectivity index (χ2v) is 13.5. The molecule has 8 rings (SSSR count). The molecule has 0 spiro atoms. The zero-order valence-corrected chi connectivity index (χ0v) is 27.9. The molecule has 0 saturated carbocycles. The van der Waals surface area contributed by atoms with Gasteiger partial charge in [-0.05, 0) is 57.9 Å². The van der Waals surface area contributed by atoms with Crippen molar-refractivity contribution >= 4 is 33.4 Å². The maximum absolute atomic E-state index is 17.2. The molecule has 2 fully saturated rings. The molecule has 1 aromatic carbocycles. The van der Waals surface area contributed by atoms with Crippen LogP contribution >= 0.6 is 0 Å². The normalized spacial score (nSPS) is 22.6. The summed E-state index contributed by atoms with van der Waals surface area (Å²) in [6.45, 7) is 6.28. The minimum atomic E-state index is -5.10. The lowest BCUT2D eigenvalue weighted by atomic mass is 9.95. The Morgan fingerprint density at radius 1 is 1.24 bits per heavy atom. The standard InChI is InChI=1S/C34H34F5N9O3/c1-16-10-22-21(12-42-46-22)23(28(16)51-34(37,38)39)26-25(36)27-24-30(45-32(44-27)50-15-33-7-5-9-47(33)13-19(35)11-33)48(17(2)14-49-31(24)43-26)18(3)20-6-4-8-41-29(20)40/h4,6,8,10,12,17-19H,5,7,9,11,13-15H2,1-3H3,(H2,40,41)(H,42,46)/t17-,18+,19+,33-/m0/s1. The van der Waals surface area contributed by atoms with Crippen molar-refractivity contribution in [3.8, 4) is 28.9 Å². The molecule has 4 aromatic heterocycles. The van der Waals surface area contributed by atoms with E-state index in [2.05, 4.69) is 34.8 Å². The number of hydrogen-bond donors (Lipinski definition) is 2. The summed E-state index contributed by atoms with van der Waals surface area (Å²) in [5.41, 5.74) is 5.71. The van der Waals surface area contributed by atoms with Crippen molar-refractivity contribution in [2.45, 2.75) is 70.2 Å². The van der Waals surface area contributed by atoms with Gasteiger partial charge < -0.3 is 24.8 Å². The summed E-state index contributed by atoms with van der Waals surface area (Å²) < 4.78 is 90.2. The van der Waals surface area contributed by atoms with Gasteiger partial charge in [0.1, 0.15) is 53.4 Å². The van der Waals surface area contributed by atoms with Gasteiger partial charge >= 0.3 is 12.4 Å². The van der Waals surface area contributed by atoms with Crippen LogP contribution in [0.3, 0.4) is 0 Å². The summed E-state index contributed by atoms with van der Waals surface area (Å²) in [5, 5.41) is 6.93. The van der Waals surface area contributed by atoms with Gasteiger partial charge in [0, 0.05) is 30.1 Å². The number of nitrogens with one attached hydrogen (secondary N) is 1. The number of pyridine rings is 2. The number of nitrogen functional groups attached to an aromatic ring is 1. The molecule has 7 heterocycles. The molecular weight excluding hydrogens is 677 g/mol. The maximum Gasteiger partial charge on any atom is 0.573 e. The molecule has 0 amide bonds. The van der Waals surface area contributed by atoms with Crippen LogP contribution in [0.2, 0.25) is 0 Å². The molecule has 5 aromatic rings. The van der Waals surface area contributed by atoms with Crippen LogP contribution < -0.4 is 24.8 Å². The van der Waals surface area contributed by atoms with E-state index in [4.69, 9.17) is 20.2 Å². The summed E-state index contributed by atoms with van der Waals surface area (Å²) in [6.07, 6.45) is -1.40. The number of anilines is 2. The molecule has 3 N–H and O–H groups in total. The lowest BCUT2D eigenvalue weighted by Crippen LogP contribution is -2.43. The van der Waals surface area contributed by atoms with Crippen molar-refractivity contribution in [2.24, 2.45) is 0 Å². The van der Waals surface area contributed by atoms with Crippen LogP contribution in [-0.2, 0) is 0 Å². The minimum Gasteiger partial charge on any atom is -0.475 e. The predicted molar refractivity (Wildman–Crippen MR) is 177 cm³/mol.